The quantitative estimate of drug-likeness (QED) is 0.796. The van der Waals surface area contributed by atoms with Crippen molar-refractivity contribution >= 4 is 21.6 Å². The van der Waals surface area contributed by atoms with Gasteiger partial charge in [0, 0.05) is 36.3 Å². The Balaban J connectivity index is 1.69. The van der Waals surface area contributed by atoms with Gasteiger partial charge >= 0.3 is 0 Å². The van der Waals surface area contributed by atoms with Crippen molar-refractivity contribution in [2.24, 2.45) is 0 Å². The highest BCUT2D eigenvalue weighted by Gasteiger charge is 2.38. The van der Waals surface area contributed by atoms with Gasteiger partial charge in [0.2, 0.25) is 10.0 Å². The van der Waals surface area contributed by atoms with E-state index in [0.717, 1.165) is 24.2 Å². The van der Waals surface area contributed by atoms with Crippen LogP contribution >= 0.6 is 11.6 Å². The number of nitrogens with zero attached hydrogens (tertiary/aromatic N) is 3. The first kappa shape index (κ1) is 20.5. The highest BCUT2D eigenvalue weighted by Crippen LogP contribution is 2.35. The topological polar surface area (TPSA) is 86.4 Å². The van der Waals surface area contributed by atoms with Gasteiger partial charge in [0.05, 0.1) is 16.6 Å². The lowest BCUT2D eigenvalue weighted by Gasteiger charge is -2.31. The smallest absolute Gasteiger partial charge is 0.254 e. The number of fused-ring (bicyclic) bond motifs is 1. The van der Waals surface area contributed by atoms with Gasteiger partial charge in [-0.25, -0.2) is 13.4 Å². The average molecular weight is 437 g/mol. The number of hydrogen-bond acceptors (Lipinski definition) is 5. The monoisotopic (exact) mass is 436 g/mol. The van der Waals surface area contributed by atoms with Crippen LogP contribution in [-0.2, 0) is 23.0 Å². The Morgan fingerprint density at radius 2 is 1.93 bits per heavy atom. The highest BCUT2D eigenvalue weighted by atomic mass is 35.5. The Bertz CT molecular complexity index is 1070. The fourth-order valence-electron chi connectivity index (χ4n) is 4.12. The molecule has 0 aliphatic carbocycles. The van der Waals surface area contributed by atoms with Crippen molar-refractivity contribution in [3.63, 3.8) is 0 Å². The molecule has 2 aliphatic rings. The molecule has 9 heteroatoms. The van der Waals surface area contributed by atoms with Crippen molar-refractivity contribution in [1.29, 1.82) is 0 Å². The minimum Gasteiger partial charge on any atom is -0.309 e. The van der Waals surface area contributed by atoms with E-state index in [4.69, 9.17) is 16.6 Å². The predicted octanol–water partition coefficient (Wildman–Crippen LogP) is 2.72. The van der Waals surface area contributed by atoms with Crippen LogP contribution in [0, 0.1) is 0 Å². The fraction of sp³-hybridized carbons (Fsp3) is 0.500. The molecular weight excluding hydrogens is 412 g/mol. The molecular formula is C20H25ClN4O3S. The molecule has 1 fully saturated rings. The SMILES string of the molecule is CC(C)N1CCc2c(nc([C@@H]3CCCN3S(=O)(=O)c3ccc(Cl)cc3)[nH]c2=O)C1. The molecule has 29 heavy (non-hydrogen) atoms. The molecule has 0 amide bonds. The maximum Gasteiger partial charge on any atom is 0.254 e. The number of hydrogen-bond donors (Lipinski definition) is 1. The van der Waals surface area contributed by atoms with E-state index in [-0.39, 0.29) is 10.5 Å². The Kier molecular flexibility index (Phi) is 5.54. The van der Waals surface area contributed by atoms with E-state index in [1.165, 1.54) is 16.4 Å². The van der Waals surface area contributed by atoms with Crippen molar-refractivity contribution in [2.45, 2.75) is 56.6 Å². The summed E-state index contributed by atoms with van der Waals surface area (Å²) in [7, 11) is -3.71. The number of H-pyrrole nitrogens is 1. The molecule has 1 saturated heterocycles. The number of benzene rings is 1. The molecule has 7 nitrogen and oxygen atoms in total. The van der Waals surface area contributed by atoms with E-state index in [2.05, 4.69) is 23.7 Å². The summed E-state index contributed by atoms with van der Waals surface area (Å²) >= 11 is 5.90. The minimum absolute atomic E-state index is 0.149. The van der Waals surface area contributed by atoms with Crippen LogP contribution in [0.4, 0.5) is 0 Å². The van der Waals surface area contributed by atoms with Crippen LogP contribution in [0.2, 0.25) is 5.02 Å². The maximum absolute atomic E-state index is 13.2. The van der Waals surface area contributed by atoms with Crippen molar-refractivity contribution in [3.05, 3.63) is 56.7 Å². The van der Waals surface area contributed by atoms with Gasteiger partial charge < -0.3 is 4.98 Å². The standard InChI is InChI=1S/C20H25ClN4O3S/c1-13(2)24-11-9-16-17(12-24)22-19(23-20(16)26)18-4-3-10-25(18)29(27,28)15-7-5-14(21)6-8-15/h5-8,13,18H,3-4,9-12H2,1-2H3,(H,22,23,26)/t18-/m0/s1. The van der Waals surface area contributed by atoms with E-state index in [0.29, 0.717) is 42.8 Å². The second kappa shape index (κ2) is 7.83. The Morgan fingerprint density at radius 1 is 1.21 bits per heavy atom. The normalized spacial score (nSPS) is 20.9. The summed E-state index contributed by atoms with van der Waals surface area (Å²) in [5, 5.41) is 0.484. The molecule has 1 atom stereocenters. The molecule has 3 heterocycles. The van der Waals surface area contributed by atoms with Gasteiger partial charge in [0.15, 0.2) is 0 Å². The second-order valence-corrected chi connectivity index (χ2v) is 10.2. The molecule has 156 valence electrons. The van der Waals surface area contributed by atoms with Gasteiger partial charge in [-0.15, -0.1) is 0 Å². The van der Waals surface area contributed by atoms with Crippen LogP contribution in [0.15, 0.2) is 34.0 Å². The molecule has 0 saturated carbocycles. The Morgan fingerprint density at radius 3 is 2.62 bits per heavy atom. The van der Waals surface area contributed by atoms with Gasteiger partial charge in [-0.2, -0.15) is 4.31 Å². The van der Waals surface area contributed by atoms with E-state index in [1.807, 2.05) is 0 Å². The third kappa shape index (κ3) is 3.86. The van der Waals surface area contributed by atoms with Crippen LogP contribution in [0.3, 0.4) is 0 Å². The largest absolute Gasteiger partial charge is 0.309 e. The summed E-state index contributed by atoms with van der Waals surface area (Å²) < 4.78 is 27.8. The van der Waals surface area contributed by atoms with Crippen LogP contribution < -0.4 is 5.56 Å². The van der Waals surface area contributed by atoms with Gasteiger partial charge in [-0.1, -0.05) is 11.6 Å². The lowest BCUT2D eigenvalue weighted by atomic mass is 10.0. The lowest BCUT2D eigenvalue weighted by Crippen LogP contribution is -2.40. The number of aromatic nitrogens is 2. The Hall–Kier alpha value is -1.74. The second-order valence-electron chi connectivity index (χ2n) is 7.92. The molecule has 1 aromatic heterocycles. The van der Waals surface area contributed by atoms with E-state index in [9.17, 15) is 13.2 Å². The number of aromatic amines is 1. The first-order valence-electron chi connectivity index (χ1n) is 9.91. The molecule has 4 rings (SSSR count). The molecule has 0 unspecified atom stereocenters. The summed E-state index contributed by atoms with van der Waals surface area (Å²) in [5.74, 6) is 0.439. The van der Waals surface area contributed by atoms with Gasteiger partial charge in [-0.05, 0) is 57.4 Å². The zero-order valence-electron chi connectivity index (χ0n) is 16.6. The van der Waals surface area contributed by atoms with Crippen LogP contribution in [0.1, 0.15) is 49.8 Å². The molecule has 2 aromatic rings. The maximum atomic E-state index is 13.2. The average Bonchev–Trinajstić information content (AvgIpc) is 3.18. The summed E-state index contributed by atoms with van der Waals surface area (Å²) in [6, 6.07) is 6.05. The zero-order chi connectivity index (χ0) is 20.8. The Labute approximate surface area is 175 Å². The molecule has 0 radical (unpaired) electrons. The first-order chi connectivity index (χ1) is 13.8. The zero-order valence-corrected chi connectivity index (χ0v) is 18.1. The number of sulfonamides is 1. The number of rotatable bonds is 4. The summed E-state index contributed by atoms with van der Waals surface area (Å²) in [4.78, 5) is 22.8. The third-order valence-electron chi connectivity index (χ3n) is 5.79. The first-order valence-corrected chi connectivity index (χ1v) is 11.7. The van der Waals surface area contributed by atoms with Crippen molar-refractivity contribution in [3.8, 4) is 0 Å². The molecule has 0 bridgehead atoms. The summed E-state index contributed by atoms with van der Waals surface area (Å²) in [6.07, 6.45) is 2.01. The van der Waals surface area contributed by atoms with E-state index in [1.54, 1.807) is 12.1 Å². The third-order valence-corrected chi connectivity index (χ3v) is 7.97. The predicted molar refractivity (Wildman–Crippen MR) is 111 cm³/mol. The van der Waals surface area contributed by atoms with E-state index >= 15 is 0 Å². The lowest BCUT2D eigenvalue weighted by molar-refractivity contribution is 0.198. The van der Waals surface area contributed by atoms with E-state index < -0.39 is 16.1 Å². The van der Waals surface area contributed by atoms with Crippen LogP contribution in [0.25, 0.3) is 0 Å². The van der Waals surface area contributed by atoms with Gasteiger partial charge in [-0.3, -0.25) is 9.69 Å². The fourth-order valence-corrected chi connectivity index (χ4v) is 5.91. The van der Waals surface area contributed by atoms with Crippen molar-refractivity contribution in [2.75, 3.05) is 13.1 Å². The van der Waals surface area contributed by atoms with Crippen molar-refractivity contribution in [1.82, 2.24) is 19.2 Å². The number of nitrogens with one attached hydrogen (secondary N) is 1. The molecule has 0 spiro atoms. The summed E-state index contributed by atoms with van der Waals surface area (Å²) in [5.41, 5.74) is 1.33. The van der Waals surface area contributed by atoms with Crippen LogP contribution in [-0.4, -0.2) is 46.7 Å². The van der Waals surface area contributed by atoms with Crippen LogP contribution in [0.5, 0.6) is 0 Å². The molecule has 1 aromatic carbocycles. The van der Waals surface area contributed by atoms with Crippen molar-refractivity contribution < 1.29 is 8.42 Å². The highest BCUT2D eigenvalue weighted by molar-refractivity contribution is 7.89. The minimum atomic E-state index is -3.71. The number of halogens is 1. The summed E-state index contributed by atoms with van der Waals surface area (Å²) in [6.45, 7) is 6.08. The van der Waals surface area contributed by atoms with Gasteiger partial charge in [0.1, 0.15) is 5.82 Å². The molecule has 1 N–H and O–H groups in total. The van der Waals surface area contributed by atoms with Gasteiger partial charge in [0.25, 0.3) is 5.56 Å². The molecule has 2 aliphatic heterocycles.